The lowest BCUT2D eigenvalue weighted by molar-refractivity contribution is -0.146. The second-order valence-corrected chi connectivity index (χ2v) is 3.70. The Balaban J connectivity index is 2.35. The minimum atomic E-state index is -0.734. The summed E-state index contributed by atoms with van der Waals surface area (Å²) in [6, 6.07) is 1.74. The van der Waals surface area contributed by atoms with Gasteiger partial charge in [0.15, 0.2) is 0 Å². The number of β-amino-alcohol motifs (C(OH)–C–C–N with tert-alkyl or cyclic N) is 1. The van der Waals surface area contributed by atoms with Crippen molar-refractivity contribution in [2.24, 2.45) is 0 Å². The number of carbonyl (C=O) groups excluding carboxylic acids is 2. The first-order chi connectivity index (χ1) is 8.19. The van der Waals surface area contributed by atoms with Crippen LogP contribution in [-0.4, -0.2) is 72.6 Å². The summed E-state index contributed by atoms with van der Waals surface area (Å²) in [7, 11) is 0. The molecule has 2 N–H and O–H groups in total. The standard InChI is InChI=1S/C10H16N4O3/c11-1-2-12-9(16)10(17)14-5-3-13(4-6-14)7-8-15/h15H,2-8H2,(H,12,16). The van der Waals surface area contributed by atoms with E-state index >= 15 is 0 Å². The summed E-state index contributed by atoms with van der Waals surface area (Å²) < 4.78 is 0. The van der Waals surface area contributed by atoms with Crippen LogP contribution in [0.15, 0.2) is 0 Å². The Bertz CT molecular complexity index is 318. The maximum absolute atomic E-state index is 11.6. The average molecular weight is 240 g/mol. The van der Waals surface area contributed by atoms with Gasteiger partial charge in [-0.3, -0.25) is 14.5 Å². The van der Waals surface area contributed by atoms with Gasteiger partial charge in [0.05, 0.1) is 12.7 Å². The molecule has 1 aliphatic heterocycles. The Labute approximate surface area is 99.6 Å². The topological polar surface area (TPSA) is 96.7 Å². The van der Waals surface area contributed by atoms with Crippen molar-refractivity contribution in [2.75, 3.05) is 45.9 Å². The van der Waals surface area contributed by atoms with E-state index in [1.807, 2.05) is 4.90 Å². The molecule has 0 unspecified atom stereocenters. The van der Waals surface area contributed by atoms with Gasteiger partial charge in [-0.25, -0.2) is 0 Å². The van der Waals surface area contributed by atoms with E-state index in [0.717, 1.165) is 0 Å². The summed E-state index contributed by atoms with van der Waals surface area (Å²) in [5.74, 6) is -1.33. The molecule has 0 saturated carbocycles. The Morgan fingerprint density at radius 1 is 1.29 bits per heavy atom. The van der Waals surface area contributed by atoms with Crippen molar-refractivity contribution in [3.63, 3.8) is 0 Å². The normalized spacial score (nSPS) is 16.4. The number of hydrogen-bond donors (Lipinski definition) is 2. The Kier molecular flexibility index (Phi) is 5.39. The predicted molar refractivity (Wildman–Crippen MR) is 58.7 cm³/mol. The Morgan fingerprint density at radius 3 is 2.47 bits per heavy atom. The molecule has 0 radical (unpaired) electrons. The number of nitrogens with zero attached hydrogens (tertiary/aromatic N) is 3. The van der Waals surface area contributed by atoms with Crippen LogP contribution in [0.25, 0.3) is 0 Å². The van der Waals surface area contributed by atoms with Gasteiger partial charge in [0.1, 0.15) is 6.54 Å². The van der Waals surface area contributed by atoms with E-state index in [4.69, 9.17) is 10.4 Å². The third-order valence-corrected chi connectivity index (χ3v) is 2.60. The molecule has 1 rings (SSSR count). The molecule has 7 nitrogen and oxygen atoms in total. The predicted octanol–water partition coefficient (Wildman–Crippen LogP) is -2.24. The molecule has 94 valence electrons. The summed E-state index contributed by atoms with van der Waals surface area (Å²) >= 11 is 0. The number of aliphatic hydroxyl groups is 1. The van der Waals surface area contributed by atoms with E-state index in [1.54, 1.807) is 6.07 Å². The SMILES string of the molecule is N#CCNC(=O)C(=O)N1CCN(CCO)CC1. The largest absolute Gasteiger partial charge is 0.395 e. The lowest BCUT2D eigenvalue weighted by Crippen LogP contribution is -2.53. The van der Waals surface area contributed by atoms with Crippen LogP contribution in [0.5, 0.6) is 0 Å². The first-order valence-electron chi connectivity index (χ1n) is 5.46. The summed E-state index contributed by atoms with van der Waals surface area (Å²) in [6.07, 6.45) is 0. The second kappa shape index (κ2) is 6.83. The molecule has 0 aromatic rings. The van der Waals surface area contributed by atoms with Gasteiger partial charge < -0.3 is 15.3 Å². The van der Waals surface area contributed by atoms with E-state index in [-0.39, 0.29) is 13.2 Å². The average Bonchev–Trinajstić information content (AvgIpc) is 2.36. The van der Waals surface area contributed by atoms with E-state index < -0.39 is 11.8 Å². The zero-order chi connectivity index (χ0) is 12.7. The molecule has 0 bridgehead atoms. The summed E-state index contributed by atoms with van der Waals surface area (Å²) in [4.78, 5) is 26.4. The molecule has 2 amide bonds. The van der Waals surface area contributed by atoms with E-state index in [0.29, 0.717) is 32.7 Å². The van der Waals surface area contributed by atoms with Crippen LogP contribution < -0.4 is 5.32 Å². The lowest BCUT2D eigenvalue weighted by atomic mass is 10.3. The molecule has 0 atom stereocenters. The highest BCUT2D eigenvalue weighted by atomic mass is 16.3. The van der Waals surface area contributed by atoms with E-state index in [9.17, 15) is 9.59 Å². The van der Waals surface area contributed by atoms with Gasteiger partial charge >= 0.3 is 11.8 Å². The molecule has 0 aliphatic carbocycles. The van der Waals surface area contributed by atoms with Crippen molar-refractivity contribution < 1.29 is 14.7 Å². The molecule has 0 aromatic carbocycles. The van der Waals surface area contributed by atoms with Crippen molar-refractivity contribution in [1.29, 1.82) is 5.26 Å². The molecule has 1 heterocycles. The van der Waals surface area contributed by atoms with Gasteiger partial charge in [-0.15, -0.1) is 0 Å². The van der Waals surface area contributed by atoms with Crippen LogP contribution in [0.3, 0.4) is 0 Å². The van der Waals surface area contributed by atoms with Crippen LogP contribution in [0.4, 0.5) is 0 Å². The van der Waals surface area contributed by atoms with Gasteiger partial charge in [0.2, 0.25) is 0 Å². The fraction of sp³-hybridized carbons (Fsp3) is 0.700. The fourth-order valence-electron chi connectivity index (χ4n) is 1.66. The van der Waals surface area contributed by atoms with Crippen LogP contribution in [0, 0.1) is 11.3 Å². The number of nitriles is 1. The van der Waals surface area contributed by atoms with Crippen molar-refractivity contribution >= 4 is 11.8 Å². The summed E-state index contributed by atoms with van der Waals surface area (Å²) in [6.45, 7) is 2.77. The van der Waals surface area contributed by atoms with Gasteiger partial charge in [0.25, 0.3) is 0 Å². The van der Waals surface area contributed by atoms with Crippen LogP contribution in [-0.2, 0) is 9.59 Å². The van der Waals surface area contributed by atoms with Gasteiger partial charge in [-0.05, 0) is 0 Å². The number of hydrogen-bond acceptors (Lipinski definition) is 5. The summed E-state index contributed by atoms with van der Waals surface area (Å²) in [5.41, 5.74) is 0. The number of aliphatic hydroxyl groups excluding tert-OH is 1. The highest BCUT2D eigenvalue weighted by Crippen LogP contribution is 2.01. The van der Waals surface area contributed by atoms with E-state index in [1.165, 1.54) is 4.90 Å². The molecule has 1 aliphatic rings. The quantitative estimate of drug-likeness (QED) is 0.429. The van der Waals surface area contributed by atoms with Gasteiger partial charge in [-0.2, -0.15) is 5.26 Å². The molecule has 0 spiro atoms. The van der Waals surface area contributed by atoms with E-state index in [2.05, 4.69) is 5.32 Å². The molecule has 1 saturated heterocycles. The number of piperazine rings is 1. The number of rotatable bonds is 3. The maximum atomic E-state index is 11.6. The van der Waals surface area contributed by atoms with Crippen LogP contribution in [0.1, 0.15) is 0 Å². The smallest absolute Gasteiger partial charge is 0.311 e. The fourth-order valence-corrected chi connectivity index (χ4v) is 1.66. The third-order valence-electron chi connectivity index (χ3n) is 2.60. The number of amides is 2. The van der Waals surface area contributed by atoms with Crippen LogP contribution in [0.2, 0.25) is 0 Å². The van der Waals surface area contributed by atoms with Crippen molar-refractivity contribution in [3.8, 4) is 6.07 Å². The molecule has 0 aromatic heterocycles. The van der Waals surface area contributed by atoms with Gasteiger partial charge in [0, 0.05) is 32.7 Å². The lowest BCUT2D eigenvalue weighted by Gasteiger charge is -2.33. The second-order valence-electron chi connectivity index (χ2n) is 3.70. The van der Waals surface area contributed by atoms with Crippen LogP contribution >= 0.6 is 0 Å². The molecule has 7 heteroatoms. The van der Waals surface area contributed by atoms with Crippen molar-refractivity contribution in [2.45, 2.75) is 0 Å². The summed E-state index contributed by atoms with van der Waals surface area (Å²) in [5, 5.41) is 19.3. The molecular formula is C10H16N4O3. The number of carbonyl (C=O) groups is 2. The Morgan fingerprint density at radius 2 is 1.94 bits per heavy atom. The highest BCUT2D eigenvalue weighted by molar-refractivity contribution is 6.35. The molecule has 1 fully saturated rings. The zero-order valence-corrected chi connectivity index (χ0v) is 9.56. The Hall–Kier alpha value is -1.65. The monoisotopic (exact) mass is 240 g/mol. The number of nitrogens with one attached hydrogen (secondary N) is 1. The first kappa shape index (κ1) is 13.4. The minimum Gasteiger partial charge on any atom is -0.395 e. The minimum absolute atomic E-state index is 0.0939. The molecular weight excluding hydrogens is 224 g/mol. The highest BCUT2D eigenvalue weighted by Gasteiger charge is 2.25. The van der Waals surface area contributed by atoms with Crippen molar-refractivity contribution in [3.05, 3.63) is 0 Å². The maximum Gasteiger partial charge on any atom is 0.311 e. The first-order valence-corrected chi connectivity index (χ1v) is 5.46. The van der Waals surface area contributed by atoms with Crippen molar-refractivity contribution in [1.82, 2.24) is 15.1 Å². The third kappa shape index (κ3) is 4.01. The van der Waals surface area contributed by atoms with Gasteiger partial charge in [-0.1, -0.05) is 0 Å². The zero-order valence-electron chi connectivity index (χ0n) is 9.56. The molecule has 17 heavy (non-hydrogen) atoms.